The van der Waals surface area contributed by atoms with Crippen molar-refractivity contribution in [2.24, 2.45) is 0 Å². The van der Waals surface area contributed by atoms with Crippen molar-refractivity contribution in [3.8, 4) is 0 Å². The predicted molar refractivity (Wildman–Crippen MR) is 73.3 cm³/mol. The zero-order chi connectivity index (χ0) is 14.2. The molecule has 0 unspecified atom stereocenters. The topological polar surface area (TPSA) is 78.4 Å². The maximum absolute atomic E-state index is 12.2. The van der Waals surface area contributed by atoms with E-state index >= 15 is 0 Å². The van der Waals surface area contributed by atoms with Crippen LogP contribution in [0.15, 0.2) is 54.6 Å². The summed E-state index contributed by atoms with van der Waals surface area (Å²) in [4.78, 5) is 23.9. The second-order valence-electron chi connectivity index (χ2n) is 4.55. The Balaban J connectivity index is 2.16. The fourth-order valence-corrected chi connectivity index (χ4v) is 2.32. The summed E-state index contributed by atoms with van der Waals surface area (Å²) in [7, 11) is 0. The van der Waals surface area contributed by atoms with Gasteiger partial charge in [-0.15, -0.1) is 0 Å². The summed E-state index contributed by atoms with van der Waals surface area (Å²) in [6.45, 7) is 0. The predicted octanol–water partition coefficient (Wildman–Crippen LogP) is 1.78. The van der Waals surface area contributed by atoms with Gasteiger partial charge in [-0.25, -0.2) is 4.79 Å². The number of carbonyl (C=O) groups is 2. The summed E-state index contributed by atoms with van der Waals surface area (Å²) in [6.07, 6.45) is 0. The van der Waals surface area contributed by atoms with Crippen LogP contribution in [0.5, 0.6) is 0 Å². The second kappa shape index (κ2) is 4.38. The molecule has 20 heavy (non-hydrogen) atoms. The molecular formula is C15H12N2O3. The molecular weight excluding hydrogens is 256 g/mol. The molecule has 1 aliphatic rings. The Morgan fingerprint density at radius 3 is 2.30 bits per heavy atom. The van der Waals surface area contributed by atoms with Crippen molar-refractivity contribution in [2.45, 2.75) is 5.66 Å². The van der Waals surface area contributed by atoms with E-state index in [0.717, 1.165) is 0 Å². The first-order valence-electron chi connectivity index (χ1n) is 6.12. The van der Waals surface area contributed by atoms with Crippen molar-refractivity contribution < 1.29 is 14.7 Å². The zero-order valence-electron chi connectivity index (χ0n) is 10.5. The van der Waals surface area contributed by atoms with Gasteiger partial charge in [-0.2, -0.15) is 0 Å². The zero-order valence-corrected chi connectivity index (χ0v) is 10.5. The third-order valence-corrected chi connectivity index (χ3v) is 3.32. The number of benzene rings is 2. The largest absolute Gasteiger partial charge is 0.478 e. The minimum atomic E-state index is -1.65. The lowest BCUT2D eigenvalue weighted by Crippen LogP contribution is -2.60. The molecule has 0 saturated heterocycles. The number of hydrogen-bond acceptors (Lipinski definition) is 3. The smallest absolute Gasteiger partial charge is 0.355 e. The summed E-state index contributed by atoms with van der Waals surface area (Å²) >= 11 is 0. The summed E-state index contributed by atoms with van der Waals surface area (Å²) in [5.41, 5.74) is -0.245. The SMILES string of the molecule is O=C1N[C@@](C(=O)O)(c2ccccc2)Nc2ccccc21. The first-order valence-corrected chi connectivity index (χ1v) is 6.12. The van der Waals surface area contributed by atoms with Crippen LogP contribution in [-0.4, -0.2) is 17.0 Å². The van der Waals surface area contributed by atoms with Crippen molar-refractivity contribution in [1.29, 1.82) is 0 Å². The summed E-state index contributed by atoms with van der Waals surface area (Å²) in [5, 5.41) is 15.1. The highest BCUT2D eigenvalue weighted by molar-refractivity contribution is 6.06. The Morgan fingerprint density at radius 1 is 0.950 bits per heavy atom. The molecule has 0 radical (unpaired) electrons. The van der Waals surface area contributed by atoms with Crippen molar-refractivity contribution in [3.05, 3.63) is 65.7 Å². The van der Waals surface area contributed by atoms with Crippen LogP contribution in [0.4, 0.5) is 5.69 Å². The molecule has 3 N–H and O–H groups in total. The van der Waals surface area contributed by atoms with Gasteiger partial charge in [-0.3, -0.25) is 4.79 Å². The quantitative estimate of drug-likeness (QED) is 0.775. The molecule has 0 saturated carbocycles. The van der Waals surface area contributed by atoms with E-state index in [4.69, 9.17) is 0 Å². The lowest BCUT2D eigenvalue weighted by atomic mass is 9.94. The lowest BCUT2D eigenvalue weighted by molar-refractivity contribution is -0.143. The number of rotatable bonds is 2. The van der Waals surface area contributed by atoms with Crippen molar-refractivity contribution in [2.75, 3.05) is 5.32 Å². The van der Waals surface area contributed by atoms with E-state index in [1.165, 1.54) is 0 Å². The maximum atomic E-state index is 12.2. The number of carbonyl (C=O) groups excluding carboxylic acids is 1. The molecule has 1 atom stereocenters. The van der Waals surface area contributed by atoms with Crippen LogP contribution < -0.4 is 10.6 Å². The summed E-state index contributed by atoms with van der Waals surface area (Å²) in [6, 6.07) is 15.4. The summed E-state index contributed by atoms with van der Waals surface area (Å²) < 4.78 is 0. The molecule has 100 valence electrons. The average Bonchev–Trinajstić information content (AvgIpc) is 2.48. The van der Waals surface area contributed by atoms with Crippen LogP contribution >= 0.6 is 0 Å². The van der Waals surface area contributed by atoms with Crippen LogP contribution in [-0.2, 0) is 10.5 Å². The highest BCUT2D eigenvalue weighted by Gasteiger charge is 2.45. The Kier molecular flexibility index (Phi) is 2.68. The van der Waals surface area contributed by atoms with Crippen molar-refractivity contribution >= 4 is 17.6 Å². The molecule has 0 bridgehead atoms. The molecule has 0 aliphatic carbocycles. The van der Waals surface area contributed by atoms with Crippen LogP contribution in [0.25, 0.3) is 0 Å². The number of carboxylic acid groups (broad SMARTS) is 1. The first-order chi connectivity index (χ1) is 9.63. The molecule has 5 nitrogen and oxygen atoms in total. The number of para-hydroxylation sites is 1. The minimum Gasteiger partial charge on any atom is -0.478 e. The van der Waals surface area contributed by atoms with E-state index in [2.05, 4.69) is 10.6 Å². The molecule has 2 aromatic rings. The molecule has 0 spiro atoms. The highest BCUT2D eigenvalue weighted by Crippen LogP contribution is 2.31. The van der Waals surface area contributed by atoms with Crippen LogP contribution in [0.1, 0.15) is 15.9 Å². The standard InChI is InChI=1S/C15H12N2O3/c18-13-11-8-4-5-9-12(11)16-15(17-13,14(19)20)10-6-2-1-3-7-10/h1-9,16H,(H,17,18)(H,19,20)/t15-/m1/s1. The van der Waals surface area contributed by atoms with Gasteiger partial charge >= 0.3 is 5.97 Å². The Labute approximate surface area is 115 Å². The molecule has 0 fully saturated rings. The van der Waals surface area contributed by atoms with Gasteiger partial charge in [0.15, 0.2) is 0 Å². The van der Waals surface area contributed by atoms with E-state index in [1.54, 1.807) is 54.6 Å². The van der Waals surface area contributed by atoms with E-state index in [0.29, 0.717) is 16.8 Å². The van der Waals surface area contributed by atoms with E-state index < -0.39 is 17.5 Å². The van der Waals surface area contributed by atoms with Crippen molar-refractivity contribution in [3.63, 3.8) is 0 Å². The van der Waals surface area contributed by atoms with E-state index in [1.807, 2.05) is 0 Å². The van der Waals surface area contributed by atoms with Gasteiger partial charge < -0.3 is 15.7 Å². The molecule has 1 aliphatic heterocycles. The Bertz CT molecular complexity index is 685. The van der Waals surface area contributed by atoms with Crippen molar-refractivity contribution in [1.82, 2.24) is 5.32 Å². The van der Waals surface area contributed by atoms with Gasteiger partial charge in [-0.1, -0.05) is 42.5 Å². The normalized spacial score (nSPS) is 20.5. The minimum absolute atomic E-state index is 0.411. The monoisotopic (exact) mass is 268 g/mol. The number of hydrogen-bond donors (Lipinski definition) is 3. The number of carboxylic acids is 1. The van der Waals surface area contributed by atoms with Gasteiger partial charge in [0.05, 0.1) is 5.56 Å². The van der Waals surface area contributed by atoms with Gasteiger partial charge in [-0.05, 0) is 12.1 Å². The third-order valence-electron chi connectivity index (χ3n) is 3.32. The molecule has 5 heteroatoms. The highest BCUT2D eigenvalue weighted by atomic mass is 16.4. The van der Waals surface area contributed by atoms with Crippen LogP contribution in [0.2, 0.25) is 0 Å². The fourth-order valence-electron chi connectivity index (χ4n) is 2.32. The third kappa shape index (κ3) is 1.72. The average molecular weight is 268 g/mol. The molecule has 2 aromatic carbocycles. The number of nitrogens with one attached hydrogen (secondary N) is 2. The fraction of sp³-hybridized carbons (Fsp3) is 0.0667. The van der Waals surface area contributed by atoms with Crippen LogP contribution in [0, 0.1) is 0 Å². The summed E-state index contributed by atoms with van der Waals surface area (Å²) in [5.74, 6) is -1.57. The molecule has 1 heterocycles. The van der Waals surface area contributed by atoms with Gasteiger partial charge in [0.25, 0.3) is 5.91 Å². The van der Waals surface area contributed by atoms with Gasteiger partial charge in [0, 0.05) is 11.3 Å². The molecule has 3 rings (SSSR count). The first kappa shape index (κ1) is 12.2. The van der Waals surface area contributed by atoms with Gasteiger partial charge in [0.1, 0.15) is 0 Å². The van der Waals surface area contributed by atoms with E-state index in [-0.39, 0.29) is 0 Å². The number of amides is 1. The Morgan fingerprint density at radius 2 is 1.60 bits per heavy atom. The van der Waals surface area contributed by atoms with E-state index in [9.17, 15) is 14.7 Å². The molecule has 0 aromatic heterocycles. The number of fused-ring (bicyclic) bond motifs is 1. The lowest BCUT2D eigenvalue weighted by Gasteiger charge is -2.37. The van der Waals surface area contributed by atoms with Crippen LogP contribution in [0.3, 0.4) is 0 Å². The maximum Gasteiger partial charge on any atom is 0.355 e. The number of anilines is 1. The van der Waals surface area contributed by atoms with Gasteiger partial charge in [0.2, 0.25) is 5.66 Å². The second-order valence-corrected chi connectivity index (χ2v) is 4.55. The number of aliphatic carboxylic acids is 1. The molecule has 1 amide bonds. The Hall–Kier alpha value is -2.82.